The number of carbonyl (C=O) groups excluding carboxylic acids is 1. The molecule has 3 rings (SSSR count). The molecule has 1 aliphatic rings. The highest BCUT2D eigenvalue weighted by Gasteiger charge is 2.35. The number of hydrogen-bond donors (Lipinski definition) is 1. The summed E-state index contributed by atoms with van der Waals surface area (Å²) >= 11 is 0. The van der Waals surface area contributed by atoms with Crippen molar-refractivity contribution in [3.8, 4) is 0 Å². The van der Waals surface area contributed by atoms with E-state index in [1.165, 1.54) is 16.8 Å². The third kappa shape index (κ3) is 2.32. The minimum Gasteiger partial charge on any atom is -0.444 e. The van der Waals surface area contributed by atoms with Crippen LogP contribution in [-0.4, -0.2) is 21.2 Å². The molecule has 1 atom stereocenters. The van der Waals surface area contributed by atoms with Crippen LogP contribution >= 0.6 is 0 Å². The molecule has 1 aromatic heterocycles. The maximum atomic E-state index is 14.3. The molecule has 2 aromatic rings. The van der Waals surface area contributed by atoms with Crippen LogP contribution in [0.2, 0.25) is 0 Å². The molecule has 0 fully saturated rings. The van der Waals surface area contributed by atoms with Crippen molar-refractivity contribution < 1.29 is 13.9 Å². The van der Waals surface area contributed by atoms with Gasteiger partial charge in [0.05, 0.1) is 17.2 Å². The SMILES string of the molecule is CC(C)(C[C@@H]1Cn2c(=O)cnc3ccc(F)c1c32)OC(N)=O. The summed E-state index contributed by atoms with van der Waals surface area (Å²) < 4.78 is 20.9. The summed E-state index contributed by atoms with van der Waals surface area (Å²) in [6.07, 6.45) is 0.711. The lowest BCUT2D eigenvalue weighted by Gasteiger charge is -2.27. The second kappa shape index (κ2) is 4.79. The maximum absolute atomic E-state index is 14.3. The first-order chi connectivity index (χ1) is 10.3. The molecule has 0 bridgehead atoms. The van der Waals surface area contributed by atoms with Gasteiger partial charge >= 0.3 is 6.09 Å². The molecule has 2 heterocycles. The van der Waals surface area contributed by atoms with E-state index >= 15 is 0 Å². The second-order valence-electron chi connectivity index (χ2n) is 6.12. The monoisotopic (exact) mass is 305 g/mol. The normalized spacial score (nSPS) is 17.0. The van der Waals surface area contributed by atoms with Crippen molar-refractivity contribution in [1.82, 2.24) is 9.55 Å². The highest BCUT2D eigenvalue weighted by atomic mass is 19.1. The highest BCUT2D eigenvalue weighted by molar-refractivity contribution is 5.80. The van der Waals surface area contributed by atoms with Crippen molar-refractivity contribution in [2.24, 2.45) is 5.73 Å². The van der Waals surface area contributed by atoms with E-state index in [9.17, 15) is 14.0 Å². The predicted molar refractivity (Wildman–Crippen MR) is 78.1 cm³/mol. The Hall–Kier alpha value is -2.44. The molecule has 0 saturated heterocycles. The van der Waals surface area contributed by atoms with Gasteiger partial charge in [0, 0.05) is 18.0 Å². The number of hydrogen-bond acceptors (Lipinski definition) is 4. The Morgan fingerprint density at radius 2 is 2.27 bits per heavy atom. The van der Waals surface area contributed by atoms with Crippen LogP contribution in [0, 0.1) is 5.82 Å². The van der Waals surface area contributed by atoms with E-state index in [1.807, 2.05) is 0 Å². The molecule has 0 spiro atoms. The molecular weight excluding hydrogens is 289 g/mol. The van der Waals surface area contributed by atoms with Gasteiger partial charge in [-0.25, -0.2) is 14.2 Å². The van der Waals surface area contributed by atoms with Gasteiger partial charge in [0.15, 0.2) is 0 Å². The number of benzene rings is 1. The van der Waals surface area contributed by atoms with E-state index in [-0.39, 0.29) is 17.3 Å². The molecule has 6 nitrogen and oxygen atoms in total. The Bertz CT molecular complexity index is 829. The Labute approximate surface area is 125 Å². The molecule has 116 valence electrons. The Balaban J connectivity index is 2.06. The highest BCUT2D eigenvalue weighted by Crippen LogP contribution is 2.39. The zero-order chi connectivity index (χ0) is 16.1. The second-order valence-corrected chi connectivity index (χ2v) is 6.12. The van der Waals surface area contributed by atoms with Crippen LogP contribution in [0.15, 0.2) is 23.1 Å². The quantitative estimate of drug-likeness (QED) is 0.938. The molecule has 0 radical (unpaired) electrons. The molecule has 0 unspecified atom stereocenters. The number of nitrogens with zero attached hydrogens (tertiary/aromatic N) is 2. The Morgan fingerprint density at radius 3 is 2.95 bits per heavy atom. The molecule has 1 amide bonds. The van der Waals surface area contributed by atoms with Gasteiger partial charge in [0.1, 0.15) is 11.4 Å². The topological polar surface area (TPSA) is 87.2 Å². The largest absolute Gasteiger partial charge is 0.444 e. The first kappa shape index (κ1) is 14.5. The summed E-state index contributed by atoms with van der Waals surface area (Å²) in [6.45, 7) is 3.75. The van der Waals surface area contributed by atoms with Crippen molar-refractivity contribution in [2.45, 2.75) is 38.3 Å². The number of primary amides is 1. The summed E-state index contributed by atoms with van der Waals surface area (Å²) in [4.78, 5) is 27.0. The number of amides is 1. The van der Waals surface area contributed by atoms with E-state index in [0.29, 0.717) is 29.6 Å². The van der Waals surface area contributed by atoms with E-state index < -0.39 is 11.7 Å². The number of halogens is 1. The zero-order valence-corrected chi connectivity index (χ0v) is 12.3. The van der Waals surface area contributed by atoms with Gasteiger partial charge < -0.3 is 15.0 Å². The summed E-state index contributed by atoms with van der Waals surface area (Å²) in [5.74, 6) is -0.666. The van der Waals surface area contributed by atoms with Gasteiger partial charge in [-0.05, 0) is 32.4 Å². The molecule has 1 aromatic carbocycles. The van der Waals surface area contributed by atoms with Gasteiger partial charge in [-0.2, -0.15) is 0 Å². The Morgan fingerprint density at radius 1 is 1.55 bits per heavy atom. The van der Waals surface area contributed by atoms with Crippen LogP contribution in [0.3, 0.4) is 0 Å². The molecule has 0 aliphatic carbocycles. The van der Waals surface area contributed by atoms with E-state index in [1.54, 1.807) is 19.9 Å². The lowest BCUT2D eigenvalue weighted by molar-refractivity contribution is 0.0329. The van der Waals surface area contributed by atoms with Gasteiger partial charge in [-0.3, -0.25) is 4.79 Å². The van der Waals surface area contributed by atoms with Crippen molar-refractivity contribution >= 4 is 17.1 Å². The van der Waals surface area contributed by atoms with Gasteiger partial charge in [0.2, 0.25) is 0 Å². The van der Waals surface area contributed by atoms with E-state index in [2.05, 4.69) is 4.98 Å². The van der Waals surface area contributed by atoms with Crippen molar-refractivity contribution in [1.29, 1.82) is 0 Å². The fraction of sp³-hybridized carbons (Fsp3) is 0.400. The van der Waals surface area contributed by atoms with Crippen LogP contribution in [0.25, 0.3) is 11.0 Å². The summed E-state index contributed by atoms with van der Waals surface area (Å²) in [6, 6.07) is 2.90. The molecule has 1 aliphatic heterocycles. The van der Waals surface area contributed by atoms with Crippen molar-refractivity contribution in [3.05, 3.63) is 40.1 Å². The number of aromatic nitrogens is 2. The third-order valence-electron chi connectivity index (χ3n) is 3.92. The van der Waals surface area contributed by atoms with Crippen molar-refractivity contribution in [2.75, 3.05) is 0 Å². The standard InChI is InChI=1S/C15H16FN3O3/c1-15(2,22-14(17)21)5-8-7-19-11(20)6-18-10-4-3-9(16)12(8)13(10)19/h3-4,6,8H,5,7H2,1-2H3,(H2,17,21)/t8-/m1/s1. The zero-order valence-electron chi connectivity index (χ0n) is 12.3. The number of nitrogens with two attached hydrogens (primary N) is 1. The van der Waals surface area contributed by atoms with Crippen LogP contribution in [-0.2, 0) is 11.3 Å². The third-order valence-corrected chi connectivity index (χ3v) is 3.92. The summed E-state index contributed by atoms with van der Waals surface area (Å²) in [5.41, 5.74) is 5.49. The van der Waals surface area contributed by atoms with Crippen LogP contribution in [0.4, 0.5) is 9.18 Å². The van der Waals surface area contributed by atoms with Crippen LogP contribution < -0.4 is 11.3 Å². The summed E-state index contributed by atoms with van der Waals surface area (Å²) in [7, 11) is 0. The van der Waals surface area contributed by atoms with Crippen molar-refractivity contribution in [3.63, 3.8) is 0 Å². The minimum atomic E-state index is -0.877. The minimum absolute atomic E-state index is 0.268. The molecule has 7 heteroatoms. The predicted octanol–water partition coefficient (Wildman–Crippen LogP) is 1.90. The maximum Gasteiger partial charge on any atom is 0.405 e. The van der Waals surface area contributed by atoms with E-state index in [4.69, 9.17) is 10.5 Å². The molecule has 22 heavy (non-hydrogen) atoms. The molecular formula is C15H16FN3O3. The smallest absolute Gasteiger partial charge is 0.405 e. The van der Waals surface area contributed by atoms with Crippen LogP contribution in [0.1, 0.15) is 31.7 Å². The lowest BCUT2D eigenvalue weighted by atomic mass is 9.88. The molecule has 2 N–H and O–H groups in total. The number of carbonyl (C=O) groups is 1. The fourth-order valence-electron chi connectivity index (χ4n) is 3.22. The average molecular weight is 305 g/mol. The number of rotatable bonds is 3. The van der Waals surface area contributed by atoms with Crippen LogP contribution in [0.5, 0.6) is 0 Å². The summed E-state index contributed by atoms with van der Waals surface area (Å²) in [5, 5.41) is 0. The van der Waals surface area contributed by atoms with Gasteiger partial charge in [-0.1, -0.05) is 0 Å². The van der Waals surface area contributed by atoms with Gasteiger partial charge in [-0.15, -0.1) is 0 Å². The lowest BCUT2D eigenvalue weighted by Crippen LogP contribution is -2.33. The number of ether oxygens (including phenoxy) is 1. The molecule has 0 saturated carbocycles. The first-order valence-corrected chi connectivity index (χ1v) is 6.95. The van der Waals surface area contributed by atoms with Gasteiger partial charge in [0.25, 0.3) is 5.56 Å². The first-order valence-electron chi connectivity index (χ1n) is 6.95. The van der Waals surface area contributed by atoms with E-state index in [0.717, 1.165) is 0 Å². The Kier molecular flexibility index (Phi) is 3.16. The average Bonchev–Trinajstić information content (AvgIpc) is 2.76. The fourth-order valence-corrected chi connectivity index (χ4v) is 3.22.